The van der Waals surface area contributed by atoms with Gasteiger partial charge in [0.05, 0.1) is 6.61 Å². The number of rotatable bonds is 3. The predicted octanol–water partition coefficient (Wildman–Crippen LogP) is 2.55. The summed E-state index contributed by atoms with van der Waals surface area (Å²) >= 11 is 0. The Hall–Kier alpha value is -1.51. The van der Waals surface area contributed by atoms with Gasteiger partial charge in [0, 0.05) is 5.56 Å². The molecule has 1 rings (SSSR count). The maximum absolute atomic E-state index is 12.9. The molecule has 0 saturated heterocycles. The van der Waals surface area contributed by atoms with Crippen LogP contribution < -0.4 is 4.74 Å². The molecule has 1 aromatic heterocycles. The summed E-state index contributed by atoms with van der Waals surface area (Å²) in [6.45, 7) is -1.03. The highest BCUT2D eigenvalue weighted by Gasteiger charge is 2.34. The summed E-state index contributed by atoms with van der Waals surface area (Å²) < 4.78 is 76.2. The molecule has 0 amide bonds. The number of pyridine rings is 1. The van der Waals surface area contributed by atoms with Gasteiger partial charge in [0.1, 0.15) is 5.69 Å². The van der Waals surface area contributed by atoms with Crippen molar-refractivity contribution in [3.05, 3.63) is 23.1 Å². The number of aliphatic hydroxyl groups excluding tert-OH is 1. The molecule has 0 aliphatic carbocycles. The van der Waals surface area contributed by atoms with Crippen LogP contribution in [0.3, 0.4) is 0 Å². The van der Waals surface area contributed by atoms with Crippen molar-refractivity contribution in [3.63, 3.8) is 0 Å². The van der Waals surface area contributed by atoms with Gasteiger partial charge in [0.15, 0.2) is 5.82 Å². The predicted molar refractivity (Wildman–Crippen MR) is 41.8 cm³/mol. The number of nitrogens with zero attached hydrogens (tertiary/aromatic N) is 1. The number of hydrogen-bond acceptors (Lipinski definition) is 3. The highest BCUT2D eigenvalue weighted by atomic mass is 19.4. The largest absolute Gasteiger partial charge is 0.574 e. The second-order valence-corrected chi connectivity index (χ2v) is 2.83. The Labute approximate surface area is 90.6 Å². The molecule has 0 aliphatic rings. The molecule has 0 unspecified atom stereocenters. The SMILES string of the molecule is OCc1cc(F)c(C(F)F)nc1OC(F)(F)F. The first-order valence-corrected chi connectivity index (χ1v) is 4.08. The molecule has 0 atom stereocenters. The van der Waals surface area contributed by atoms with E-state index in [0.29, 0.717) is 6.07 Å². The molecule has 0 bridgehead atoms. The van der Waals surface area contributed by atoms with E-state index in [1.54, 1.807) is 0 Å². The molecule has 0 radical (unpaired) electrons. The van der Waals surface area contributed by atoms with Crippen molar-refractivity contribution in [1.29, 1.82) is 0 Å². The van der Waals surface area contributed by atoms with E-state index >= 15 is 0 Å². The number of hydrogen-bond donors (Lipinski definition) is 1. The molecule has 0 aromatic carbocycles. The Morgan fingerprint density at radius 2 is 1.94 bits per heavy atom. The fourth-order valence-corrected chi connectivity index (χ4v) is 0.988. The van der Waals surface area contributed by atoms with Crippen LogP contribution in [0.2, 0.25) is 0 Å². The lowest BCUT2D eigenvalue weighted by Crippen LogP contribution is -2.20. The highest BCUT2D eigenvalue weighted by molar-refractivity contribution is 5.29. The maximum atomic E-state index is 12.9. The lowest BCUT2D eigenvalue weighted by molar-refractivity contribution is -0.276. The second-order valence-electron chi connectivity index (χ2n) is 2.83. The van der Waals surface area contributed by atoms with E-state index in [0.717, 1.165) is 0 Å². The second kappa shape index (κ2) is 4.78. The minimum Gasteiger partial charge on any atom is -0.391 e. The van der Waals surface area contributed by atoms with E-state index in [4.69, 9.17) is 5.11 Å². The molecule has 0 spiro atoms. The molecular weight excluding hydrogens is 256 g/mol. The molecule has 0 aliphatic heterocycles. The Balaban J connectivity index is 3.22. The zero-order valence-electron chi connectivity index (χ0n) is 7.93. The summed E-state index contributed by atoms with van der Waals surface area (Å²) in [5.41, 5.74) is -2.15. The Kier molecular flexibility index (Phi) is 3.81. The van der Waals surface area contributed by atoms with Crippen LogP contribution >= 0.6 is 0 Å². The third-order valence-electron chi connectivity index (χ3n) is 1.63. The van der Waals surface area contributed by atoms with Gasteiger partial charge in [-0.1, -0.05) is 0 Å². The molecule has 0 saturated carbocycles. The number of halogens is 6. The third-order valence-corrected chi connectivity index (χ3v) is 1.63. The molecule has 0 fully saturated rings. The van der Waals surface area contributed by atoms with E-state index in [1.807, 2.05) is 0 Å². The molecule has 9 heteroatoms. The molecule has 1 heterocycles. The smallest absolute Gasteiger partial charge is 0.391 e. The van der Waals surface area contributed by atoms with Crippen LogP contribution in [-0.4, -0.2) is 16.5 Å². The van der Waals surface area contributed by atoms with Crippen LogP contribution in [0.5, 0.6) is 5.88 Å². The normalized spacial score (nSPS) is 12.0. The molecule has 1 N–H and O–H groups in total. The van der Waals surface area contributed by atoms with Gasteiger partial charge < -0.3 is 9.84 Å². The van der Waals surface area contributed by atoms with E-state index in [-0.39, 0.29) is 0 Å². The lowest BCUT2D eigenvalue weighted by Gasteiger charge is -2.12. The molecule has 3 nitrogen and oxygen atoms in total. The molecule has 17 heavy (non-hydrogen) atoms. The Bertz CT molecular complexity index is 406. The summed E-state index contributed by atoms with van der Waals surface area (Å²) in [5.74, 6) is -2.81. The number of alkyl halides is 5. The minimum atomic E-state index is -5.17. The van der Waals surface area contributed by atoms with Crippen molar-refractivity contribution >= 4 is 0 Å². The fourth-order valence-electron chi connectivity index (χ4n) is 0.988. The van der Waals surface area contributed by atoms with Gasteiger partial charge in [-0.15, -0.1) is 13.2 Å². The van der Waals surface area contributed by atoms with Crippen LogP contribution in [0.15, 0.2) is 6.07 Å². The molecular formula is C8H5F6NO2. The van der Waals surface area contributed by atoms with Gasteiger partial charge in [0.2, 0.25) is 5.88 Å². The number of ether oxygens (including phenoxy) is 1. The minimum absolute atomic E-state index is 0.315. The lowest BCUT2D eigenvalue weighted by atomic mass is 10.2. The van der Waals surface area contributed by atoms with Crippen molar-refractivity contribution < 1.29 is 36.2 Å². The van der Waals surface area contributed by atoms with Crippen LogP contribution in [0.1, 0.15) is 17.7 Å². The van der Waals surface area contributed by atoms with Gasteiger partial charge in [-0.05, 0) is 6.07 Å². The van der Waals surface area contributed by atoms with Crippen molar-refractivity contribution in [1.82, 2.24) is 4.98 Å². The van der Waals surface area contributed by atoms with Crippen molar-refractivity contribution in [3.8, 4) is 5.88 Å². The van der Waals surface area contributed by atoms with E-state index in [9.17, 15) is 26.3 Å². The highest BCUT2D eigenvalue weighted by Crippen LogP contribution is 2.29. The summed E-state index contributed by atoms with van der Waals surface area (Å²) in [6, 6.07) is 0.315. The van der Waals surface area contributed by atoms with Crippen LogP contribution in [0.4, 0.5) is 26.3 Å². The average molecular weight is 261 g/mol. The number of aromatic nitrogens is 1. The van der Waals surface area contributed by atoms with Crippen molar-refractivity contribution in [2.45, 2.75) is 19.4 Å². The summed E-state index contributed by atoms with van der Waals surface area (Å²) in [7, 11) is 0. The molecule has 96 valence electrons. The average Bonchev–Trinajstić information content (AvgIpc) is 2.17. The van der Waals surface area contributed by atoms with Crippen LogP contribution in [-0.2, 0) is 6.61 Å². The topological polar surface area (TPSA) is 42.4 Å². The summed E-state index contributed by atoms with van der Waals surface area (Å²) in [4.78, 5) is 2.70. The first-order valence-electron chi connectivity index (χ1n) is 4.08. The fraction of sp³-hybridized carbons (Fsp3) is 0.375. The van der Waals surface area contributed by atoms with Crippen molar-refractivity contribution in [2.24, 2.45) is 0 Å². The first kappa shape index (κ1) is 13.6. The zero-order chi connectivity index (χ0) is 13.2. The zero-order valence-corrected chi connectivity index (χ0v) is 7.93. The van der Waals surface area contributed by atoms with Gasteiger partial charge >= 0.3 is 6.36 Å². The first-order chi connectivity index (χ1) is 7.74. The van der Waals surface area contributed by atoms with Gasteiger partial charge in [-0.25, -0.2) is 18.2 Å². The van der Waals surface area contributed by atoms with E-state index in [1.165, 1.54) is 0 Å². The van der Waals surface area contributed by atoms with Gasteiger partial charge in [-0.2, -0.15) is 0 Å². The van der Waals surface area contributed by atoms with Gasteiger partial charge in [-0.3, -0.25) is 0 Å². The van der Waals surface area contributed by atoms with E-state index in [2.05, 4.69) is 9.72 Å². The summed E-state index contributed by atoms with van der Waals surface area (Å²) in [5, 5.41) is 8.63. The van der Waals surface area contributed by atoms with E-state index < -0.39 is 42.3 Å². The quantitative estimate of drug-likeness (QED) is 0.850. The monoisotopic (exact) mass is 261 g/mol. The molecule has 1 aromatic rings. The maximum Gasteiger partial charge on any atom is 0.574 e. The standard InChI is InChI=1S/C8H5F6NO2/c9-4-1-3(2-16)7(17-8(12,13)14)15-5(4)6(10)11/h1,6,16H,2H2. The van der Waals surface area contributed by atoms with Crippen LogP contribution in [0, 0.1) is 5.82 Å². The van der Waals surface area contributed by atoms with Crippen LogP contribution in [0.25, 0.3) is 0 Å². The van der Waals surface area contributed by atoms with Crippen molar-refractivity contribution in [2.75, 3.05) is 0 Å². The number of aliphatic hydroxyl groups is 1. The Morgan fingerprint density at radius 3 is 2.35 bits per heavy atom. The third kappa shape index (κ3) is 3.48. The summed E-state index contributed by atoms with van der Waals surface area (Å²) in [6.07, 6.45) is -8.56. The Morgan fingerprint density at radius 1 is 1.35 bits per heavy atom. The van der Waals surface area contributed by atoms with Gasteiger partial charge in [0.25, 0.3) is 6.43 Å².